The number of hydrogen-bond donors (Lipinski definition) is 2. The van der Waals surface area contributed by atoms with Crippen molar-refractivity contribution in [2.45, 2.75) is 33.4 Å². The molecule has 0 aliphatic heterocycles. The van der Waals surface area contributed by atoms with Crippen LogP contribution in [0.25, 0.3) is 10.9 Å². The number of fused-ring (bicyclic) bond motifs is 1. The van der Waals surface area contributed by atoms with E-state index in [2.05, 4.69) is 16.0 Å². The Labute approximate surface area is 164 Å². The van der Waals surface area contributed by atoms with E-state index in [1.54, 1.807) is 6.07 Å². The van der Waals surface area contributed by atoms with Crippen molar-refractivity contribution < 1.29 is 9.84 Å². The van der Waals surface area contributed by atoms with Gasteiger partial charge in [-0.15, -0.1) is 0 Å². The quantitative estimate of drug-likeness (QED) is 0.658. The topological polar surface area (TPSA) is 78.5 Å². The van der Waals surface area contributed by atoms with Crippen molar-refractivity contribution in [2.75, 3.05) is 20.2 Å². The molecule has 2 aromatic carbocycles. The van der Waals surface area contributed by atoms with E-state index in [4.69, 9.17) is 4.74 Å². The highest BCUT2D eigenvalue weighted by Gasteiger charge is 2.13. The Balaban J connectivity index is 1.60. The summed E-state index contributed by atoms with van der Waals surface area (Å²) in [4.78, 5) is 21.4. The summed E-state index contributed by atoms with van der Waals surface area (Å²) in [6, 6.07) is 11.4. The van der Waals surface area contributed by atoms with Crippen LogP contribution in [0.3, 0.4) is 0 Å². The zero-order valence-corrected chi connectivity index (χ0v) is 16.8. The molecule has 1 aromatic heterocycles. The predicted molar refractivity (Wildman–Crippen MR) is 111 cm³/mol. The van der Waals surface area contributed by atoms with Crippen LogP contribution in [-0.4, -0.2) is 46.3 Å². The van der Waals surface area contributed by atoms with E-state index in [9.17, 15) is 9.90 Å². The summed E-state index contributed by atoms with van der Waals surface area (Å²) in [5.41, 5.74) is 3.84. The lowest BCUT2D eigenvalue weighted by Gasteiger charge is -2.21. The van der Waals surface area contributed by atoms with Gasteiger partial charge in [-0.05, 0) is 56.6 Å². The third-order valence-corrected chi connectivity index (χ3v) is 4.90. The highest BCUT2D eigenvalue weighted by Crippen LogP contribution is 2.25. The lowest BCUT2D eigenvalue weighted by Crippen LogP contribution is -2.33. The smallest absolute Gasteiger partial charge is 0.258 e. The molecule has 0 fully saturated rings. The molecule has 0 radical (unpaired) electrons. The standard InChI is InChI=1S/C22H27N3O3/c1-14-9-10-15(2)21(16(14)3)28-13-17(26)11-25(4)12-20-23-19-8-6-5-7-18(19)22(27)24-20/h5-10,17,26H,11-13H2,1-4H3,(H,23,24,27)/t17-/m0/s1. The van der Waals surface area contributed by atoms with Gasteiger partial charge in [-0.3, -0.25) is 9.69 Å². The number of hydrogen-bond acceptors (Lipinski definition) is 5. The molecule has 148 valence electrons. The molecule has 1 atom stereocenters. The van der Waals surface area contributed by atoms with Gasteiger partial charge in [-0.2, -0.15) is 0 Å². The Kier molecular flexibility index (Phi) is 6.11. The number of rotatable bonds is 7. The molecule has 3 rings (SSSR count). The van der Waals surface area contributed by atoms with Crippen molar-refractivity contribution >= 4 is 10.9 Å². The number of para-hydroxylation sites is 1. The van der Waals surface area contributed by atoms with Gasteiger partial charge in [0.15, 0.2) is 0 Å². The molecule has 0 aliphatic rings. The lowest BCUT2D eigenvalue weighted by molar-refractivity contribution is 0.0732. The van der Waals surface area contributed by atoms with Gasteiger partial charge in [0.25, 0.3) is 5.56 Å². The Morgan fingerprint density at radius 3 is 2.64 bits per heavy atom. The van der Waals surface area contributed by atoms with Gasteiger partial charge in [0.2, 0.25) is 0 Å². The maximum absolute atomic E-state index is 12.2. The molecule has 6 heteroatoms. The predicted octanol–water partition coefficient (Wildman–Crippen LogP) is 2.72. The molecular formula is C22H27N3O3. The van der Waals surface area contributed by atoms with Crippen LogP contribution in [-0.2, 0) is 6.54 Å². The fraction of sp³-hybridized carbons (Fsp3) is 0.364. The van der Waals surface area contributed by atoms with Gasteiger partial charge >= 0.3 is 0 Å². The van der Waals surface area contributed by atoms with Gasteiger partial charge in [-0.1, -0.05) is 24.3 Å². The molecule has 0 aliphatic carbocycles. The van der Waals surface area contributed by atoms with Crippen LogP contribution in [0.5, 0.6) is 5.75 Å². The van der Waals surface area contributed by atoms with Crippen molar-refractivity contribution in [3.8, 4) is 5.75 Å². The summed E-state index contributed by atoms with van der Waals surface area (Å²) in [5.74, 6) is 1.41. The van der Waals surface area contributed by atoms with Crippen molar-refractivity contribution in [3.63, 3.8) is 0 Å². The molecular weight excluding hydrogens is 354 g/mol. The Morgan fingerprint density at radius 2 is 1.86 bits per heavy atom. The highest BCUT2D eigenvalue weighted by molar-refractivity contribution is 5.77. The molecule has 2 N–H and O–H groups in total. The number of aromatic amines is 1. The van der Waals surface area contributed by atoms with E-state index in [0.717, 1.165) is 16.9 Å². The lowest BCUT2D eigenvalue weighted by atomic mass is 10.1. The average molecular weight is 381 g/mol. The molecule has 3 aromatic rings. The van der Waals surface area contributed by atoms with E-state index in [1.165, 1.54) is 5.56 Å². The average Bonchev–Trinajstić information content (AvgIpc) is 2.65. The fourth-order valence-corrected chi connectivity index (χ4v) is 3.27. The van der Waals surface area contributed by atoms with Crippen LogP contribution in [0.15, 0.2) is 41.2 Å². The molecule has 6 nitrogen and oxygen atoms in total. The Morgan fingerprint density at radius 1 is 1.14 bits per heavy atom. The number of H-pyrrole nitrogens is 1. The molecule has 0 unspecified atom stereocenters. The highest BCUT2D eigenvalue weighted by atomic mass is 16.5. The van der Waals surface area contributed by atoms with Crippen LogP contribution >= 0.6 is 0 Å². The van der Waals surface area contributed by atoms with Crippen molar-refractivity contribution in [1.82, 2.24) is 14.9 Å². The minimum absolute atomic E-state index is 0.150. The number of nitrogens with one attached hydrogen (secondary N) is 1. The second-order valence-corrected chi connectivity index (χ2v) is 7.34. The maximum atomic E-state index is 12.2. The first-order valence-corrected chi connectivity index (χ1v) is 9.39. The van der Waals surface area contributed by atoms with Crippen molar-refractivity contribution in [1.29, 1.82) is 0 Å². The van der Waals surface area contributed by atoms with E-state index in [0.29, 0.717) is 29.8 Å². The normalized spacial score (nSPS) is 12.5. The van der Waals surface area contributed by atoms with Crippen LogP contribution in [0.1, 0.15) is 22.5 Å². The summed E-state index contributed by atoms with van der Waals surface area (Å²) < 4.78 is 5.89. The van der Waals surface area contributed by atoms with Crippen LogP contribution in [0.4, 0.5) is 0 Å². The zero-order valence-electron chi connectivity index (χ0n) is 16.8. The summed E-state index contributed by atoms with van der Waals surface area (Å²) in [5, 5.41) is 11.0. The number of likely N-dealkylation sites (N-methyl/N-ethyl adjacent to an activating group) is 1. The Hall–Kier alpha value is -2.70. The number of nitrogens with zero attached hydrogens (tertiary/aromatic N) is 2. The first-order chi connectivity index (χ1) is 13.3. The summed E-state index contributed by atoms with van der Waals surface area (Å²) in [6.45, 7) is 7.11. The van der Waals surface area contributed by atoms with Gasteiger partial charge in [0.1, 0.15) is 24.3 Å². The van der Waals surface area contributed by atoms with Gasteiger partial charge < -0.3 is 14.8 Å². The monoisotopic (exact) mass is 381 g/mol. The van der Waals surface area contributed by atoms with E-state index in [1.807, 2.05) is 57.0 Å². The second kappa shape index (κ2) is 8.54. The van der Waals surface area contributed by atoms with Crippen molar-refractivity contribution in [3.05, 3.63) is 69.3 Å². The largest absolute Gasteiger partial charge is 0.490 e. The molecule has 0 bridgehead atoms. The van der Waals surface area contributed by atoms with Crippen LogP contribution in [0, 0.1) is 20.8 Å². The van der Waals surface area contributed by atoms with Gasteiger partial charge in [0.05, 0.1) is 17.4 Å². The second-order valence-electron chi connectivity index (χ2n) is 7.34. The summed E-state index contributed by atoms with van der Waals surface area (Å²) in [7, 11) is 1.88. The first kappa shape index (κ1) is 20.0. The zero-order chi connectivity index (χ0) is 20.3. The number of benzene rings is 2. The summed E-state index contributed by atoms with van der Waals surface area (Å²) in [6.07, 6.45) is -0.656. The number of aliphatic hydroxyl groups is 1. The first-order valence-electron chi connectivity index (χ1n) is 9.39. The molecule has 28 heavy (non-hydrogen) atoms. The van der Waals surface area contributed by atoms with E-state index >= 15 is 0 Å². The van der Waals surface area contributed by atoms with Gasteiger partial charge in [0, 0.05) is 6.54 Å². The molecule has 0 spiro atoms. The summed E-state index contributed by atoms with van der Waals surface area (Å²) >= 11 is 0. The minimum Gasteiger partial charge on any atom is -0.490 e. The number of ether oxygens (including phenoxy) is 1. The Bertz CT molecular complexity index is 1030. The van der Waals surface area contributed by atoms with E-state index < -0.39 is 6.10 Å². The van der Waals surface area contributed by atoms with Gasteiger partial charge in [-0.25, -0.2) is 4.98 Å². The third-order valence-electron chi connectivity index (χ3n) is 4.90. The van der Waals surface area contributed by atoms with E-state index in [-0.39, 0.29) is 12.2 Å². The SMILES string of the molecule is Cc1ccc(C)c(OC[C@@H](O)CN(C)Cc2nc3ccccc3c(=O)[nH]2)c1C. The fourth-order valence-electron chi connectivity index (χ4n) is 3.27. The number of aromatic nitrogens is 2. The van der Waals surface area contributed by atoms with Crippen LogP contribution in [0.2, 0.25) is 0 Å². The number of aliphatic hydroxyl groups excluding tert-OH is 1. The number of aryl methyl sites for hydroxylation is 2. The third kappa shape index (κ3) is 4.58. The minimum atomic E-state index is -0.656. The van der Waals surface area contributed by atoms with Crippen LogP contribution < -0.4 is 10.3 Å². The van der Waals surface area contributed by atoms with Crippen molar-refractivity contribution in [2.24, 2.45) is 0 Å². The molecule has 0 saturated carbocycles. The molecule has 1 heterocycles. The molecule has 0 amide bonds. The molecule has 0 saturated heterocycles. The maximum Gasteiger partial charge on any atom is 0.258 e.